The molecule has 0 radical (unpaired) electrons. The van der Waals surface area contributed by atoms with Gasteiger partial charge in [0.2, 0.25) is 15.9 Å². The van der Waals surface area contributed by atoms with E-state index in [9.17, 15) is 18.3 Å². The van der Waals surface area contributed by atoms with Crippen LogP contribution in [0.4, 0.5) is 5.82 Å². The van der Waals surface area contributed by atoms with Crippen molar-refractivity contribution in [3.63, 3.8) is 0 Å². The highest BCUT2D eigenvalue weighted by molar-refractivity contribution is 9.10. The molecule has 0 aliphatic carbocycles. The molecule has 3 rings (SSSR count). The van der Waals surface area contributed by atoms with Crippen molar-refractivity contribution in [2.75, 3.05) is 18.4 Å². The Hall–Kier alpha value is -1.97. The van der Waals surface area contributed by atoms with Gasteiger partial charge in [-0.15, -0.1) is 0 Å². The molecule has 0 saturated carbocycles. The van der Waals surface area contributed by atoms with Crippen LogP contribution in [-0.4, -0.2) is 41.8 Å². The Balaban J connectivity index is 1.73. The normalized spacial score (nSPS) is 18.4. The van der Waals surface area contributed by atoms with Crippen LogP contribution in [0.1, 0.15) is 12.8 Å². The van der Waals surface area contributed by atoms with Crippen molar-refractivity contribution in [1.82, 2.24) is 9.29 Å². The number of hydrogen-bond donors (Lipinski definition) is 2. The molecule has 1 saturated heterocycles. The summed E-state index contributed by atoms with van der Waals surface area (Å²) < 4.78 is 27.7. The first kappa shape index (κ1) is 18.8. The third-order valence-corrected chi connectivity index (χ3v) is 6.64. The molecule has 0 spiro atoms. The van der Waals surface area contributed by atoms with E-state index in [0.29, 0.717) is 19.4 Å². The van der Waals surface area contributed by atoms with Gasteiger partial charge in [-0.2, -0.15) is 4.31 Å². The first-order chi connectivity index (χ1) is 12.4. The van der Waals surface area contributed by atoms with Gasteiger partial charge in [-0.1, -0.05) is 15.9 Å². The number of pyridine rings is 1. The summed E-state index contributed by atoms with van der Waals surface area (Å²) in [5.74, 6) is -0.911. The number of aromatic nitrogens is 1. The van der Waals surface area contributed by atoms with Crippen molar-refractivity contribution < 1.29 is 18.3 Å². The summed E-state index contributed by atoms with van der Waals surface area (Å²) in [6, 6.07) is 9.39. The zero-order valence-corrected chi connectivity index (χ0v) is 16.2. The van der Waals surface area contributed by atoms with Gasteiger partial charge in [0.15, 0.2) is 11.6 Å². The van der Waals surface area contributed by atoms with Crippen molar-refractivity contribution in [2.45, 2.75) is 17.7 Å². The number of anilines is 1. The molecule has 2 heterocycles. The minimum atomic E-state index is -3.66. The summed E-state index contributed by atoms with van der Waals surface area (Å²) in [7, 11) is -3.66. The number of nitrogens with zero attached hydrogens (tertiary/aromatic N) is 2. The number of amides is 1. The number of carbonyl (C=O) groups excluding carboxylic acids is 1. The third-order valence-electron chi connectivity index (χ3n) is 4.23. The second kappa shape index (κ2) is 7.73. The van der Waals surface area contributed by atoms with Crippen molar-refractivity contribution in [3.8, 4) is 5.75 Å². The number of benzene rings is 1. The summed E-state index contributed by atoms with van der Waals surface area (Å²) in [5, 5.41) is 12.3. The fraction of sp³-hybridized carbons (Fsp3) is 0.294. The molecular weight excluding hydrogens is 422 g/mol. The molecule has 1 aliphatic rings. The van der Waals surface area contributed by atoms with Crippen LogP contribution in [0.5, 0.6) is 5.75 Å². The monoisotopic (exact) mass is 439 g/mol. The Morgan fingerprint density at radius 2 is 2.00 bits per heavy atom. The average molecular weight is 440 g/mol. The van der Waals surface area contributed by atoms with Crippen LogP contribution in [0.2, 0.25) is 0 Å². The van der Waals surface area contributed by atoms with Gasteiger partial charge in [0.1, 0.15) is 0 Å². The average Bonchev–Trinajstić information content (AvgIpc) is 2.64. The van der Waals surface area contributed by atoms with Gasteiger partial charge >= 0.3 is 0 Å². The number of sulfonamides is 1. The zero-order chi connectivity index (χ0) is 18.7. The standard InChI is InChI=1S/C17H18BrN3O4S/c18-13-5-7-14(8-6-13)26(24,25)21-10-2-3-12(11-21)17(23)20-16-15(22)4-1-9-19-16/h1,4-9,12,22H,2-3,10-11H2,(H,19,20,23)/t12-/m1/s1. The SMILES string of the molecule is O=C(Nc1ncccc1O)[C@@H]1CCCN(S(=O)(=O)c2ccc(Br)cc2)C1. The summed E-state index contributed by atoms with van der Waals surface area (Å²) in [6.07, 6.45) is 2.62. The highest BCUT2D eigenvalue weighted by atomic mass is 79.9. The summed E-state index contributed by atoms with van der Waals surface area (Å²) in [5.41, 5.74) is 0. The second-order valence-corrected chi connectivity index (χ2v) is 8.87. The van der Waals surface area contributed by atoms with E-state index in [4.69, 9.17) is 0 Å². The van der Waals surface area contributed by atoms with Crippen LogP contribution < -0.4 is 5.32 Å². The molecule has 1 fully saturated rings. The Morgan fingerprint density at radius 3 is 2.69 bits per heavy atom. The number of nitrogens with one attached hydrogen (secondary N) is 1. The molecule has 7 nitrogen and oxygen atoms in total. The second-order valence-electron chi connectivity index (χ2n) is 6.02. The zero-order valence-electron chi connectivity index (χ0n) is 13.8. The van der Waals surface area contributed by atoms with Gasteiger partial charge in [-0.25, -0.2) is 13.4 Å². The van der Waals surface area contributed by atoms with Gasteiger partial charge in [-0.3, -0.25) is 4.79 Å². The molecular formula is C17H18BrN3O4S. The molecule has 1 aromatic carbocycles. The van der Waals surface area contributed by atoms with Gasteiger partial charge in [-0.05, 0) is 49.2 Å². The van der Waals surface area contributed by atoms with E-state index in [-0.39, 0.29) is 28.9 Å². The minimum absolute atomic E-state index is 0.0744. The summed E-state index contributed by atoms with van der Waals surface area (Å²) in [4.78, 5) is 16.6. The van der Waals surface area contributed by atoms with Crippen LogP contribution in [0.25, 0.3) is 0 Å². The highest BCUT2D eigenvalue weighted by Gasteiger charge is 2.33. The van der Waals surface area contributed by atoms with E-state index in [1.807, 2.05) is 0 Å². The summed E-state index contributed by atoms with van der Waals surface area (Å²) >= 11 is 3.29. The number of aromatic hydroxyl groups is 1. The predicted octanol–water partition coefficient (Wildman–Crippen LogP) is 2.59. The third kappa shape index (κ3) is 4.05. The van der Waals surface area contributed by atoms with Gasteiger partial charge < -0.3 is 10.4 Å². The van der Waals surface area contributed by atoms with E-state index in [1.165, 1.54) is 28.7 Å². The number of halogens is 1. The van der Waals surface area contributed by atoms with E-state index >= 15 is 0 Å². The molecule has 138 valence electrons. The van der Waals surface area contributed by atoms with Gasteiger partial charge in [0.05, 0.1) is 10.8 Å². The Kier molecular flexibility index (Phi) is 5.59. The Labute approximate surface area is 160 Å². The van der Waals surface area contributed by atoms with Crippen LogP contribution in [0.15, 0.2) is 52.0 Å². The smallest absolute Gasteiger partial charge is 0.243 e. The molecule has 26 heavy (non-hydrogen) atoms. The Morgan fingerprint density at radius 1 is 1.27 bits per heavy atom. The van der Waals surface area contributed by atoms with Crippen molar-refractivity contribution in [3.05, 3.63) is 47.1 Å². The number of carbonyl (C=O) groups is 1. The molecule has 1 amide bonds. The van der Waals surface area contributed by atoms with Crippen LogP contribution in [0.3, 0.4) is 0 Å². The highest BCUT2D eigenvalue weighted by Crippen LogP contribution is 2.26. The molecule has 0 bridgehead atoms. The molecule has 9 heteroatoms. The fourth-order valence-corrected chi connectivity index (χ4v) is 4.63. The molecule has 1 aliphatic heterocycles. The molecule has 1 aromatic heterocycles. The maximum absolute atomic E-state index is 12.8. The molecule has 0 unspecified atom stereocenters. The lowest BCUT2D eigenvalue weighted by Gasteiger charge is -2.31. The maximum atomic E-state index is 12.8. The summed E-state index contributed by atoms with van der Waals surface area (Å²) in [6.45, 7) is 0.467. The van der Waals surface area contributed by atoms with Crippen molar-refractivity contribution >= 4 is 37.7 Å². The van der Waals surface area contributed by atoms with Crippen LogP contribution in [0, 0.1) is 5.92 Å². The Bertz CT molecular complexity index is 902. The van der Waals surface area contributed by atoms with E-state index in [1.54, 1.807) is 18.2 Å². The lowest BCUT2D eigenvalue weighted by atomic mass is 9.99. The number of hydrogen-bond acceptors (Lipinski definition) is 5. The van der Waals surface area contributed by atoms with E-state index in [2.05, 4.69) is 26.2 Å². The molecule has 2 N–H and O–H groups in total. The number of rotatable bonds is 4. The predicted molar refractivity (Wildman–Crippen MR) is 100 cm³/mol. The lowest BCUT2D eigenvalue weighted by molar-refractivity contribution is -0.120. The quantitative estimate of drug-likeness (QED) is 0.762. The van der Waals surface area contributed by atoms with E-state index in [0.717, 1.165) is 4.47 Å². The van der Waals surface area contributed by atoms with Crippen LogP contribution >= 0.6 is 15.9 Å². The van der Waals surface area contributed by atoms with Gasteiger partial charge in [0.25, 0.3) is 0 Å². The van der Waals surface area contributed by atoms with Crippen molar-refractivity contribution in [1.29, 1.82) is 0 Å². The maximum Gasteiger partial charge on any atom is 0.243 e. The minimum Gasteiger partial charge on any atom is -0.504 e. The van der Waals surface area contributed by atoms with Gasteiger partial charge in [0, 0.05) is 23.8 Å². The van der Waals surface area contributed by atoms with Crippen molar-refractivity contribution in [2.24, 2.45) is 5.92 Å². The topological polar surface area (TPSA) is 99.6 Å². The first-order valence-corrected chi connectivity index (χ1v) is 10.3. The fourth-order valence-electron chi connectivity index (χ4n) is 2.84. The van der Waals surface area contributed by atoms with Crippen LogP contribution in [-0.2, 0) is 14.8 Å². The van der Waals surface area contributed by atoms with E-state index < -0.39 is 15.9 Å². The molecule has 2 aromatic rings. The first-order valence-electron chi connectivity index (χ1n) is 8.08. The number of piperidine rings is 1. The lowest BCUT2D eigenvalue weighted by Crippen LogP contribution is -2.43. The largest absolute Gasteiger partial charge is 0.504 e. The molecule has 1 atom stereocenters.